The quantitative estimate of drug-likeness (QED) is 0.926. The number of hydrogen-bond donors (Lipinski definition) is 1. The van der Waals surface area contributed by atoms with E-state index in [1.807, 2.05) is 20.3 Å². The van der Waals surface area contributed by atoms with Crippen molar-refractivity contribution in [1.29, 1.82) is 0 Å². The maximum Gasteiger partial charge on any atom is 0.102 e. The van der Waals surface area contributed by atoms with Crippen molar-refractivity contribution in [3.63, 3.8) is 0 Å². The molecular weight excluding hydrogens is 250 g/mol. The monoisotopic (exact) mass is 271 g/mol. The third kappa shape index (κ3) is 2.54. The number of hydrogen-bond acceptors (Lipinski definition) is 4. The van der Waals surface area contributed by atoms with E-state index in [1.54, 1.807) is 4.68 Å². The van der Waals surface area contributed by atoms with E-state index in [2.05, 4.69) is 44.8 Å². The van der Waals surface area contributed by atoms with Gasteiger partial charge in [-0.2, -0.15) is 0 Å². The van der Waals surface area contributed by atoms with Crippen LogP contribution in [0.3, 0.4) is 0 Å². The Hall–Kier alpha value is -1.88. The minimum absolute atomic E-state index is 0.443. The summed E-state index contributed by atoms with van der Waals surface area (Å²) in [4.78, 5) is 2.41. The summed E-state index contributed by atoms with van der Waals surface area (Å²) in [6, 6.07) is 9.11. The van der Waals surface area contributed by atoms with Gasteiger partial charge in [-0.15, -0.1) is 5.10 Å². The summed E-state index contributed by atoms with van der Waals surface area (Å²) in [6.45, 7) is 1.88. The van der Waals surface area contributed by atoms with Gasteiger partial charge >= 0.3 is 0 Å². The zero-order valence-electron chi connectivity index (χ0n) is 12.1. The molecule has 2 heterocycles. The van der Waals surface area contributed by atoms with Gasteiger partial charge in [0.25, 0.3) is 0 Å². The Bertz CT molecular complexity index is 577. The van der Waals surface area contributed by atoms with Gasteiger partial charge in [0.05, 0.1) is 6.54 Å². The number of aryl methyl sites for hydroxylation is 1. The van der Waals surface area contributed by atoms with Crippen molar-refractivity contribution in [2.45, 2.75) is 25.4 Å². The molecule has 0 radical (unpaired) electrons. The minimum Gasteiger partial charge on any atom is -0.365 e. The van der Waals surface area contributed by atoms with Crippen LogP contribution in [0.5, 0.6) is 0 Å². The van der Waals surface area contributed by atoms with Crippen molar-refractivity contribution >= 4 is 5.69 Å². The fourth-order valence-corrected chi connectivity index (χ4v) is 2.96. The Balaban J connectivity index is 1.91. The second-order valence-corrected chi connectivity index (χ2v) is 5.35. The minimum atomic E-state index is 0.443. The van der Waals surface area contributed by atoms with Crippen LogP contribution in [-0.2, 0) is 13.6 Å². The lowest BCUT2D eigenvalue weighted by molar-refractivity contribution is 0.541. The van der Waals surface area contributed by atoms with Crippen LogP contribution < -0.4 is 10.2 Å². The van der Waals surface area contributed by atoms with E-state index in [0.717, 1.165) is 18.8 Å². The molecule has 1 aromatic carbocycles. The molecule has 3 rings (SSSR count). The molecule has 1 aliphatic rings. The van der Waals surface area contributed by atoms with Crippen LogP contribution in [0.25, 0.3) is 0 Å². The lowest BCUT2D eigenvalue weighted by Crippen LogP contribution is -2.24. The lowest BCUT2D eigenvalue weighted by Gasteiger charge is -2.24. The highest BCUT2D eigenvalue weighted by molar-refractivity contribution is 5.56. The molecule has 5 nitrogen and oxygen atoms in total. The number of fused-ring (bicyclic) bond motifs is 1. The normalized spacial score (nSPS) is 18.7. The number of benzene rings is 1. The number of nitrogens with zero attached hydrogens (tertiary/aromatic N) is 4. The summed E-state index contributed by atoms with van der Waals surface area (Å²) in [7, 11) is 3.95. The molecule has 1 unspecified atom stereocenters. The van der Waals surface area contributed by atoms with E-state index in [-0.39, 0.29) is 0 Å². The molecule has 0 saturated carbocycles. The number of para-hydroxylation sites is 1. The van der Waals surface area contributed by atoms with Crippen LogP contribution in [0.15, 0.2) is 30.5 Å². The zero-order chi connectivity index (χ0) is 13.9. The first-order valence-electron chi connectivity index (χ1n) is 7.14. The molecule has 1 aliphatic heterocycles. The summed E-state index contributed by atoms with van der Waals surface area (Å²) < 4.78 is 1.76. The number of aromatic nitrogens is 3. The molecule has 20 heavy (non-hydrogen) atoms. The number of nitrogens with one attached hydrogen (secondary N) is 1. The predicted octanol–water partition coefficient (Wildman–Crippen LogP) is 1.88. The smallest absolute Gasteiger partial charge is 0.102 e. The summed E-state index contributed by atoms with van der Waals surface area (Å²) in [6.07, 6.45) is 4.34. The van der Waals surface area contributed by atoms with Crippen LogP contribution in [0, 0.1) is 0 Å². The van der Waals surface area contributed by atoms with Crippen molar-refractivity contribution in [3.05, 3.63) is 41.7 Å². The van der Waals surface area contributed by atoms with E-state index in [1.165, 1.54) is 24.1 Å². The predicted molar refractivity (Wildman–Crippen MR) is 79.5 cm³/mol. The van der Waals surface area contributed by atoms with Gasteiger partial charge < -0.3 is 10.2 Å². The first kappa shape index (κ1) is 13.1. The molecular formula is C15H21N5. The van der Waals surface area contributed by atoms with Gasteiger partial charge in [-0.25, -0.2) is 0 Å². The van der Waals surface area contributed by atoms with Crippen LogP contribution in [-0.4, -0.2) is 28.6 Å². The Labute approximate surface area is 119 Å². The molecule has 0 amide bonds. The first-order chi connectivity index (χ1) is 9.78. The SMILES string of the molecule is CNC1CCCN(Cc2cn(C)nn2)c2ccccc21. The lowest BCUT2D eigenvalue weighted by atomic mass is 10.0. The summed E-state index contributed by atoms with van der Waals surface area (Å²) in [5.41, 5.74) is 3.72. The van der Waals surface area contributed by atoms with Gasteiger partial charge in [-0.3, -0.25) is 4.68 Å². The average Bonchev–Trinajstić information content (AvgIpc) is 2.79. The van der Waals surface area contributed by atoms with E-state index in [4.69, 9.17) is 0 Å². The molecule has 2 aromatic rings. The summed E-state index contributed by atoms with van der Waals surface area (Å²) in [5, 5.41) is 11.7. The van der Waals surface area contributed by atoms with E-state index >= 15 is 0 Å². The Morgan fingerprint density at radius 3 is 2.95 bits per heavy atom. The van der Waals surface area contributed by atoms with Crippen molar-refractivity contribution in [3.8, 4) is 0 Å². The Morgan fingerprint density at radius 2 is 2.20 bits per heavy atom. The van der Waals surface area contributed by atoms with Crippen molar-refractivity contribution in [1.82, 2.24) is 20.3 Å². The van der Waals surface area contributed by atoms with Crippen LogP contribution in [0.4, 0.5) is 5.69 Å². The summed E-state index contributed by atoms with van der Waals surface area (Å²) >= 11 is 0. The Kier molecular flexibility index (Phi) is 3.69. The highest BCUT2D eigenvalue weighted by Crippen LogP contribution is 2.33. The summed E-state index contributed by atoms with van der Waals surface area (Å²) in [5.74, 6) is 0. The second kappa shape index (κ2) is 5.63. The molecule has 1 aromatic heterocycles. The highest BCUT2D eigenvalue weighted by atomic mass is 15.4. The Morgan fingerprint density at radius 1 is 1.35 bits per heavy atom. The zero-order valence-corrected chi connectivity index (χ0v) is 12.1. The van der Waals surface area contributed by atoms with Crippen molar-refractivity contribution < 1.29 is 0 Å². The third-order valence-corrected chi connectivity index (χ3v) is 3.93. The molecule has 0 saturated heterocycles. The van der Waals surface area contributed by atoms with Gasteiger partial charge in [0, 0.05) is 31.5 Å². The van der Waals surface area contributed by atoms with Gasteiger partial charge in [-0.1, -0.05) is 23.4 Å². The second-order valence-electron chi connectivity index (χ2n) is 5.35. The molecule has 1 N–H and O–H groups in total. The third-order valence-electron chi connectivity index (χ3n) is 3.93. The number of anilines is 1. The van der Waals surface area contributed by atoms with E-state index in [9.17, 15) is 0 Å². The molecule has 0 spiro atoms. The van der Waals surface area contributed by atoms with Crippen LogP contribution in [0.2, 0.25) is 0 Å². The first-order valence-corrected chi connectivity index (χ1v) is 7.14. The fraction of sp³-hybridized carbons (Fsp3) is 0.467. The maximum absolute atomic E-state index is 4.21. The van der Waals surface area contributed by atoms with Crippen LogP contribution in [0.1, 0.15) is 30.1 Å². The molecule has 106 valence electrons. The van der Waals surface area contributed by atoms with E-state index in [0.29, 0.717) is 6.04 Å². The van der Waals surface area contributed by atoms with Crippen molar-refractivity contribution in [2.24, 2.45) is 7.05 Å². The number of rotatable bonds is 3. The van der Waals surface area contributed by atoms with Gasteiger partial charge in [0.1, 0.15) is 5.69 Å². The molecule has 1 atom stereocenters. The van der Waals surface area contributed by atoms with Gasteiger partial charge in [0.15, 0.2) is 0 Å². The van der Waals surface area contributed by atoms with Gasteiger partial charge in [-0.05, 0) is 31.5 Å². The molecule has 5 heteroatoms. The largest absolute Gasteiger partial charge is 0.365 e. The molecule has 0 bridgehead atoms. The fourth-order valence-electron chi connectivity index (χ4n) is 2.96. The molecule has 0 aliphatic carbocycles. The highest BCUT2D eigenvalue weighted by Gasteiger charge is 2.21. The van der Waals surface area contributed by atoms with Crippen molar-refractivity contribution in [2.75, 3.05) is 18.5 Å². The molecule has 0 fully saturated rings. The van der Waals surface area contributed by atoms with Gasteiger partial charge in [0.2, 0.25) is 0 Å². The maximum atomic E-state index is 4.21. The average molecular weight is 271 g/mol. The van der Waals surface area contributed by atoms with E-state index < -0.39 is 0 Å². The topological polar surface area (TPSA) is 46.0 Å². The van der Waals surface area contributed by atoms with Crippen LogP contribution >= 0.6 is 0 Å². The standard InChI is InChI=1S/C15H21N5/c1-16-14-7-5-9-20(11-12-10-19(2)18-17-12)15-8-4-3-6-13(14)15/h3-4,6,8,10,14,16H,5,7,9,11H2,1-2H3.